The molecule has 0 aliphatic heterocycles. The monoisotopic (exact) mass is 284 g/mol. The molecule has 5 heteroatoms. The van der Waals surface area contributed by atoms with E-state index in [1.807, 2.05) is 36.4 Å². The van der Waals surface area contributed by atoms with Crippen LogP contribution in [0.3, 0.4) is 0 Å². The smallest absolute Gasteiger partial charge is 0.419 e. The normalized spacial score (nSPS) is 11.2. The third-order valence-corrected chi connectivity index (χ3v) is 2.73. The van der Waals surface area contributed by atoms with Gasteiger partial charge in [-0.25, -0.2) is 9.59 Å². The number of hydrogen-bond donors (Lipinski definition) is 1. The van der Waals surface area contributed by atoms with E-state index in [1.54, 1.807) is 24.3 Å². The highest BCUT2D eigenvalue weighted by Gasteiger charge is 2.16. The third kappa shape index (κ3) is 4.65. The van der Waals surface area contributed by atoms with Gasteiger partial charge in [-0.15, -0.1) is 0 Å². The Balaban J connectivity index is 1.91. The van der Waals surface area contributed by atoms with E-state index in [1.165, 1.54) is 6.47 Å². The lowest BCUT2D eigenvalue weighted by Gasteiger charge is -2.16. The predicted octanol–water partition coefficient (Wildman–Crippen LogP) is 2.70. The van der Waals surface area contributed by atoms with Gasteiger partial charge in [-0.2, -0.15) is 0 Å². The summed E-state index contributed by atoms with van der Waals surface area (Å²) >= 11 is 0. The molecule has 0 aromatic heterocycles. The molecule has 5 nitrogen and oxygen atoms in total. The average Bonchev–Trinajstić information content (AvgIpc) is 2.54. The Bertz CT molecular complexity index is 571. The van der Waals surface area contributed by atoms with Gasteiger partial charge < -0.3 is 9.47 Å². The second kappa shape index (κ2) is 7.69. The largest absolute Gasteiger partial charge is 0.445 e. The molecule has 1 unspecified atom stereocenters. The van der Waals surface area contributed by atoms with Gasteiger partial charge in [0.05, 0.1) is 0 Å². The number of hydrogen-bond acceptors (Lipinski definition) is 4. The van der Waals surface area contributed by atoms with Crippen molar-refractivity contribution < 1.29 is 19.1 Å². The van der Waals surface area contributed by atoms with Crippen molar-refractivity contribution >= 4 is 12.6 Å². The Morgan fingerprint density at radius 2 is 1.67 bits per heavy atom. The maximum atomic E-state index is 11.7. The summed E-state index contributed by atoms with van der Waals surface area (Å²) < 4.78 is 9.80. The molecule has 0 spiro atoms. The standard InChI is InChI=1S/C16H14NO4/c18-12-21-15(14-9-5-2-6-10-14)17-16(19)20-11-13-7-3-1-4-8-13/h1-10,15H,11H2,(H,17,19). The first kappa shape index (κ1) is 14.6. The van der Waals surface area contributed by atoms with Gasteiger partial charge in [0.1, 0.15) is 6.61 Å². The number of ether oxygens (including phenoxy) is 2. The Hall–Kier alpha value is -2.82. The Labute approximate surface area is 122 Å². The molecule has 1 atom stereocenters. The molecule has 0 bridgehead atoms. The van der Waals surface area contributed by atoms with Crippen molar-refractivity contribution in [2.45, 2.75) is 12.8 Å². The van der Waals surface area contributed by atoms with Gasteiger partial charge in [-0.05, 0) is 5.56 Å². The summed E-state index contributed by atoms with van der Waals surface area (Å²) in [7, 11) is 0. The van der Waals surface area contributed by atoms with E-state index in [9.17, 15) is 9.59 Å². The summed E-state index contributed by atoms with van der Waals surface area (Å²) in [5.41, 5.74) is 1.49. The zero-order valence-electron chi connectivity index (χ0n) is 11.2. The summed E-state index contributed by atoms with van der Waals surface area (Å²) in [5, 5.41) is 2.46. The maximum Gasteiger partial charge on any atom is 0.419 e. The summed E-state index contributed by atoms with van der Waals surface area (Å²) in [6, 6.07) is 18.1. The lowest BCUT2D eigenvalue weighted by Crippen LogP contribution is -2.30. The number of rotatable bonds is 6. The summed E-state index contributed by atoms with van der Waals surface area (Å²) in [5.74, 6) is 0. The quantitative estimate of drug-likeness (QED) is 0.828. The summed E-state index contributed by atoms with van der Waals surface area (Å²) in [6.07, 6.45) is -1.60. The molecule has 21 heavy (non-hydrogen) atoms. The maximum absolute atomic E-state index is 11.7. The van der Waals surface area contributed by atoms with Crippen molar-refractivity contribution in [3.8, 4) is 0 Å². The average molecular weight is 284 g/mol. The van der Waals surface area contributed by atoms with E-state index in [-0.39, 0.29) is 6.61 Å². The number of alkyl carbamates (subject to hydrolysis) is 1. The van der Waals surface area contributed by atoms with Crippen LogP contribution in [0.2, 0.25) is 0 Å². The molecular formula is C16H14NO4. The molecule has 2 rings (SSSR count). The number of carbonyl (C=O) groups is 1. The SMILES string of the molecule is O=[C]OC(NC(=O)OCc1ccccc1)c1ccccc1. The van der Waals surface area contributed by atoms with Gasteiger partial charge in [0.25, 0.3) is 0 Å². The van der Waals surface area contributed by atoms with E-state index in [4.69, 9.17) is 9.47 Å². The van der Waals surface area contributed by atoms with Gasteiger partial charge in [0, 0.05) is 5.56 Å². The van der Waals surface area contributed by atoms with Crippen molar-refractivity contribution in [3.63, 3.8) is 0 Å². The molecule has 0 saturated carbocycles. The van der Waals surface area contributed by atoms with Crippen LogP contribution in [-0.2, 0) is 20.9 Å². The molecular weight excluding hydrogens is 270 g/mol. The molecule has 2 aromatic carbocycles. The van der Waals surface area contributed by atoms with Crippen LogP contribution in [0.15, 0.2) is 60.7 Å². The first-order valence-corrected chi connectivity index (χ1v) is 6.34. The van der Waals surface area contributed by atoms with Crippen molar-refractivity contribution in [1.82, 2.24) is 5.32 Å². The first-order chi connectivity index (χ1) is 10.3. The molecule has 107 valence electrons. The van der Waals surface area contributed by atoms with E-state index in [0.29, 0.717) is 5.56 Å². The molecule has 0 aliphatic rings. The minimum atomic E-state index is -0.924. The molecule has 0 saturated heterocycles. The topological polar surface area (TPSA) is 64.6 Å². The Morgan fingerprint density at radius 1 is 1.05 bits per heavy atom. The van der Waals surface area contributed by atoms with Crippen molar-refractivity contribution in [2.75, 3.05) is 0 Å². The van der Waals surface area contributed by atoms with E-state index >= 15 is 0 Å². The van der Waals surface area contributed by atoms with Crippen LogP contribution in [0.1, 0.15) is 17.4 Å². The molecule has 0 fully saturated rings. The van der Waals surface area contributed by atoms with E-state index in [0.717, 1.165) is 5.56 Å². The lowest BCUT2D eigenvalue weighted by atomic mass is 10.2. The summed E-state index contributed by atoms with van der Waals surface area (Å²) in [4.78, 5) is 22.1. The number of nitrogens with one attached hydrogen (secondary N) is 1. The van der Waals surface area contributed by atoms with Crippen LogP contribution in [0, 0.1) is 0 Å². The molecule has 0 heterocycles. The van der Waals surface area contributed by atoms with Gasteiger partial charge in [0.2, 0.25) is 6.23 Å². The van der Waals surface area contributed by atoms with E-state index in [2.05, 4.69) is 5.32 Å². The number of carbonyl (C=O) groups excluding carboxylic acids is 2. The van der Waals surface area contributed by atoms with Crippen LogP contribution < -0.4 is 5.32 Å². The van der Waals surface area contributed by atoms with Gasteiger partial charge >= 0.3 is 12.6 Å². The Kier molecular flexibility index (Phi) is 5.34. The Morgan fingerprint density at radius 3 is 2.29 bits per heavy atom. The fraction of sp³-hybridized carbons (Fsp3) is 0.125. The van der Waals surface area contributed by atoms with Gasteiger partial charge in [-0.3, -0.25) is 5.32 Å². The van der Waals surface area contributed by atoms with Crippen LogP contribution in [-0.4, -0.2) is 12.6 Å². The van der Waals surface area contributed by atoms with Crippen molar-refractivity contribution in [3.05, 3.63) is 71.8 Å². The highest BCUT2D eigenvalue weighted by atomic mass is 16.6. The lowest BCUT2D eigenvalue weighted by molar-refractivity contribution is 0.0982. The highest BCUT2D eigenvalue weighted by Crippen LogP contribution is 2.13. The molecule has 1 radical (unpaired) electrons. The van der Waals surface area contributed by atoms with Crippen LogP contribution in [0.4, 0.5) is 4.79 Å². The summed E-state index contributed by atoms with van der Waals surface area (Å²) in [6.45, 7) is 1.46. The van der Waals surface area contributed by atoms with E-state index < -0.39 is 12.3 Å². The second-order valence-electron chi connectivity index (χ2n) is 4.20. The van der Waals surface area contributed by atoms with Crippen LogP contribution >= 0.6 is 0 Å². The van der Waals surface area contributed by atoms with Gasteiger partial charge in [0.15, 0.2) is 0 Å². The minimum absolute atomic E-state index is 0.138. The van der Waals surface area contributed by atoms with Crippen molar-refractivity contribution in [2.24, 2.45) is 0 Å². The minimum Gasteiger partial charge on any atom is -0.445 e. The fourth-order valence-corrected chi connectivity index (χ4v) is 1.73. The fourth-order valence-electron chi connectivity index (χ4n) is 1.73. The van der Waals surface area contributed by atoms with Crippen molar-refractivity contribution in [1.29, 1.82) is 0 Å². The molecule has 0 aliphatic carbocycles. The molecule has 1 N–H and O–H groups in total. The third-order valence-electron chi connectivity index (χ3n) is 2.73. The highest BCUT2D eigenvalue weighted by molar-refractivity contribution is 5.68. The predicted molar refractivity (Wildman–Crippen MR) is 75.7 cm³/mol. The van der Waals surface area contributed by atoms with Crippen LogP contribution in [0.5, 0.6) is 0 Å². The van der Waals surface area contributed by atoms with Crippen LogP contribution in [0.25, 0.3) is 0 Å². The number of amides is 1. The van der Waals surface area contributed by atoms with Gasteiger partial charge in [-0.1, -0.05) is 60.7 Å². The first-order valence-electron chi connectivity index (χ1n) is 6.34. The second-order valence-corrected chi connectivity index (χ2v) is 4.20. The zero-order valence-corrected chi connectivity index (χ0v) is 11.2. The zero-order chi connectivity index (χ0) is 14.9. The number of benzene rings is 2. The molecule has 2 aromatic rings. The molecule has 1 amide bonds.